The molecule has 0 nitrogen and oxygen atoms in total. The third-order valence-electron chi connectivity index (χ3n) is 0.569. The summed E-state index contributed by atoms with van der Waals surface area (Å²) in [7, 11) is 0. The SMILES string of the molecule is [CH]C(=S)C(C)C. The Kier molecular flexibility index (Phi) is 2.33. The van der Waals surface area contributed by atoms with Gasteiger partial charge in [0.15, 0.2) is 0 Å². The van der Waals surface area contributed by atoms with E-state index in [1.54, 1.807) is 0 Å². The van der Waals surface area contributed by atoms with Crippen molar-refractivity contribution in [3.63, 3.8) is 0 Å². The lowest BCUT2D eigenvalue weighted by Gasteiger charge is -1.94. The van der Waals surface area contributed by atoms with Crippen LogP contribution in [0.5, 0.6) is 0 Å². The minimum absolute atomic E-state index is 0.361. The summed E-state index contributed by atoms with van der Waals surface area (Å²) in [4.78, 5) is 0.593. The molecule has 0 saturated heterocycles. The molecule has 0 aliphatic carbocycles. The first kappa shape index (κ1) is 6.09. The van der Waals surface area contributed by atoms with Crippen LogP contribution in [0.1, 0.15) is 13.8 Å². The molecule has 0 aromatic carbocycles. The van der Waals surface area contributed by atoms with Gasteiger partial charge in [0.05, 0.1) is 0 Å². The fourth-order valence-corrected chi connectivity index (χ4v) is 0. The highest BCUT2D eigenvalue weighted by molar-refractivity contribution is 7.80. The molecule has 0 aliphatic rings. The van der Waals surface area contributed by atoms with Gasteiger partial charge in [-0.1, -0.05) is 26.1 Å². The highest BCUT2D eigenvalue weighted by Crippen LogP contribution is 1.92. The van der Waals surface area contributed by atoms with Gasteiger partial charge in [-0.3, -0.25) is 0 Å². The van der Waals surface area contributed by atoms with E-state index in [0.29, 0.717) is 10.8 Å². The van der Waals surface area contributed by atoms with Gasteiger partial charge in [0.1, 0.15) is 0 Å². The second-order valence-corrected chi connectivity index (χ2v) is 2.03. The van der Waals surface area contributed by atoms with Gasteiger partial charge in [-0.05, 0) is 10.8 Å². The maximum Gasteiger partial charge on any atom is 0.00649 e. The van der Waals surface area contributed by atoms with Crippen LogP contribution in [-0.2, 0) is 0 Å². The second kappa shape index (κ2) is 2.30. The maximum absolute atomic E-state index is 5.17. The summed E-state index contributed by atoms with van der Waals surface area (Å²) in [6, 6.07) is 0. The zero-order valence-corrected chi connectivity index (χ0v) is 4.88. The highest BCUT2D eigenvalue weighted by Gasteiger charge is 1.90. The standard InChI is InChI=1S/C5H8S/c1-4(2)5(3)6/h3-4H,1-2H3. The Morgan fingerprint density at radius 2 is 1.83 bits per heavy atom. The molecule has 0 rings (SSSR count). The largest absolute Gasteiger partial charge is 0.0891 e. The fraction of sp³-hybridized carbons (Fsp3) is 0.600. The normalized spacial score (nSPS) is 9.33. The van der Waals surface area contributed by atoms with Crippen molar-refractivity contribution in [3.05, 3.63) is 6.92 Å². The van der Waals surface area contributed by atoms with Crippen molar-refractivity contribution in [3.8, 4) is 0 Å². The molecule has 0 aliphatic heterocycles. The van der Waals surface area contributed by atoms with Crippen molar-refractivity contribution in [2.45, 2.75) is 13.8 Å². The molecule has 0 unspecified atom stereocenters. The van der Waals surface area contributed by atoms with Gasteiger partial charge in [0.25, 0.3) is 0 Å². The lowest BCUT2D eigenvalue weighted by Crippen LogP contribution is -1.96. The number of hydrogen-bond donors (Lipinski definition) is 0. The Bertz CT molecular complexity index is 55.0. The van der Waals surface area contributed by atoms with E-state index in [-0.39, 0.29) is 0 Å². The second-order valence-electron chi connectivity index (χ2n) is 1.56. The molecule has 0 aromatic heterocycles. The molecule has 0 saturated carbocycles. The van der Waals surface area contributed by atoms with Gasteiger partial charge < -0.3 is 0 Å². The van der Waals surface area contributed by atoms with Crippen molar-refractivity contribution in [1.29, 1.82) is 0 Å². The van der Waals surface area contributed by atoms with Crippen LogP contribution in [0.4, 0.5) is 0 Å². The molecule has 0 N–H and O–H groups in total. The van der Waals surface area contributed by atoms with E-state index in [4.69, 9.17) is 6.92 Å². The van der Waals surface area contributed by atoms with Crippen molar-refractivity contribution in [2.75, 3.05) is 0 Å². The molecule has 0 aromatic rings. The first-order valence-corrected chi connectivity index (χ1v) is 2.34. The first-order valence-electron chi connectivity index (χ1n) is 1.94. The Balaban J connectivity index is 3.26. The van der Waals surface area contributed by atoms with E-state index < -0.39 is 0 Å². The van der Waals surface area contributed by atoms with Crippen LogP contribution in [0.15, 0.2) is 0 Å². The lowest BCUT2D eigenvalue weighted by molar-refractivity contribution is 0.905. The minimum Gasteiger partial charge on any atom is -0.0891 e. The molecule has 0 spiro atoms. The van der Waals surface area contributed by atoms with Gasteiger partial charge >= 0.3 is 0 Å². The van der Waals surface area contributed by atoms with E-state index >= 15 is 0 Å². The van der Waals surface area contributed by atoms with E-state index in [2.05, 4.69) is 12.2 Å². The van der Waals surface area contributed by atoms with Gasteiger partial charge in [-0.2, -0.15) is 0 Å². The van der Waals surface area contributed by atoms with Crippen LogP contribution >= 0.6 is 12.2 Å². The molecule has 0 atom stereocenters. The third kappa shape index (κ3) is 2.33. The van der Waals surface area contributed by atoms with Crippen molar-refractivity contribution < 1.29 is 0 Å². The molecule has 0 bridgehead atoms. The van der Waals surface area contributed by atoms with Gasteiger partial charge in [-0.25, -0.2) is 0 Å². The zero-order valence-electron chi connectivity index (χ0n) is 4.06. The lowest BCUT2D eigenvalue weighted by atomic mass is 10.2. The number of thiocarbonyl (C=S) groups is 1. The summed E-state index contributed by atoms with van der Waals surface area (Å²) in [6.07, 6.45) is 0. The van der Waals surface area contributed by atoms with Crippen LogP contribution < -0.4 is 0 Å². The van der Waals surface area contributed by atoms with Crippen LogP contribution in [0.2, 0.25) is 0 Å². The smallest absolute Gasteiger partial charge is 0.00649 e. The molecular formula is C5H8S. The summed E-state index contributed by atoms with van der Waals surface area (Å²) >= 11 is 4.60. The predicted octanol–water partition coefficient (Wildman–Crippen LogP) is 1.72. The Hall–Kier alpha value is 0.0900. The first-order chi connectivity index (χ1) is 2.64. The Morgan fingerprint density at radius 3 is 1.83 bits per heavy atom. The summed E-state index contributed by atoms with van der Waals surface area (Å²) in [5, 5.41) is 0. The van der Waals surface area contributed by atoms with Crippen molar-refractivity contribution in [1.82, 2.24) is 0 Å². The molecule has 0 heterocycles. The van der Waals surface area contributed by atoms with Crippen molar-refractivity contribution >= 4 is 17.1 Å². The van der Waals surface area contributed by atoms with Crippen LogP contribution in [0.25, 0.3) is 0 Å². The zero-order chi connectivity index (χ0) is 5.15. The van der Waals surface area contributed by atoms with Gasteiger partial charge in [0.2, 0.25) is 0 Å². The van der Waals surface area contributed by atoms with E-state index in [0.717, 1.165) is 0 Å². The molecule has 34 valence electrons. The summed E-state index contributed by atoms with van der Waals surface area (Å²) in [6.45, 7) is 9.12. The van der Waals surface area contributed by atoms with E-state index in [9.17, 15) is 0 Å². The average Bonchev–Trinajstić information content (AvgIpc) is 1.36. The van der Waals surface area contributed by atoms with Crippen LogP contribution in [0, 0.1) is 12.8 Å². The topological polar surface area (TPSA) is 0 Å². The summed E-state index contributed by atoms with van der Waals surface area (Å²) in [5.74, 6) is 0.361. The van der Waals surface area contributed by atoms with Crippen molar-refractivity contribution in [2.24, 2.45) is 5.92 Å². The van der Waals surface area contributed by atoms with Gasteiger partial charge in [-0.15, -0.1) is 0 Å². The maximum atomic E-state index is 5.17. The Morgan fingerprint density at radius 1 is 1.67 bits per heavy atom. The minimum atomic E-state index is 0.361. The van der Waals surface area contributed by atoms with E-state index in [1.807, 2.05) is 13.8 Å². The quantitative estimate of drug-likeness (QED) is 0.452. The van der Waals surface area contributed by atoms with Crippen LogP contribution in [-0.4, -0.2) is 4.86 Å². The Labute approximate surface area is 44.6 Å². The predicted molar refractivity (Wildman–Crippen MR) is 31.7 cm³/mol. The molecule has 1 heteroatoms. The molecule has 6 heavy (non-hydrogen) atoms. The van der Waals surface area contributed by atoms with Crippen LogP contribution in [0.3, 0.4) is 0 Å². The molecule has 0 amide bonds. The monoisotopic (exact) mass is 100 g/mol. The summed E-state index contributed by atoms with van der Waals surface area (Å²) < 4.78 is 0. The molecule has 2 radical (unpaired) electrons. The van der Waals surface area contributed by atoms with E-state index in [1.165, 1.54) is 0 Å². The number of rotatable bonds is 1. The molecule has 0 fully saturated rings. The van der Waals surface area contributed by atoms with Gasteiger partial charge in [0, 0.05) is 6.92 Å². The third-order valence-corrected chi connectivity index (χ3v) is 1.04. The number of hydrogen-bond acceptors (Lipinski definition) is 1. The molecular weight excluding hydrogens is 92.1 g/mol. The fourth-order valence-electron chi connectivity index (χ4n) is 0. The highest BCUT2D eigenvalue weighted by atomic mass is 32.1. The average molecular weight is 100 g/mol. The summed E-state index contributed by atoms with van der Waals surface area (Å²) in [5.41, 5.74) is 0.